The summed E-state index contributed by atoms with van der Waals surface area (Å²) >= 11 is 0. The van der Waals surface area contributed by atoms with E-state index < -0.39 is 0 Å². The molecule has 0 saturated heterocycles. The van der Waals surface area contributed by atoms with Crippen LogP contribution in [0.5, 0.6) is 0 Å². The van der Waals surface area contributed by atoms with Crippen molar-refractivity contribution >= 4 is 5.78 Å². The quantitative estimate of drug-likeness (QED) is 0.485. The van der Waals surface area contributed by atoms with Gasteiger partial charge in [-0.3, -0.25) is 9.47 Å². The molecule has 0 radical (unpaired) electrons. The van der Waals surface area contributed by atoms with Gasteiger partial charge in [0.2, 0.25) is 0 Å². The lowest BCUT2D eigenvalue weighted by Crippen LogP contribution is -2.14. The Hall–Kier alpha value is -1.25. The SMILES string of the molecule is CCC(=O)c1cccn1N. The predicted molar refractivity (Wildman–Crippen MR) is 39.2 cm³/mol. The zero-order chi connectivity index (χ0) is 7.56. The highest BCUT2D eigenvalue weighted by atomic mass is 16.1. The van der Waals surface area contributed by atoms with E-state index in [1.54, 1.807) is 18.3 Å². The number of aromatic nitrogens is 1. The fraction of sp³-hybridized carbons (Fsp3) is 0.286. The Labute approximate surface area is 59.4 Å². The van der Waals surface area contributed by atoms with Gasteiger partial charge in [-0.1, -0.05) is 6.92 Å². The fourth-order valence-electron chi connectivity index (χ4n) is 0.811. The number of carbonyl (C=O) groups is 1. The number of hydrogen-bond donors (Lipinski definition) is 1. The first-order chi connectivity index (χ1) is 4.75. The molecule has 2 N–H and O–H groups in total. The molecule has 0 aliphatic carbocycles. The molecule has 0 fully saturated rings. The second kappa shape index (κ2) is 2.56. The molecule has 1 heterocycles. The van der Waals surface area contributed by atoms with Gasteiger partial charge >= 0.3 is 0 Å². The molecular formula is C7H10N2O. The van der Waals surface area contributed by atoms with Crippen LogP contribution >= 0.6 is 0 Å². The Morgan fingerprint density at radius 2 is 2.50 bits per heavy atom. The molecule has 10 heavy (non-hydrogen) atoms. The first-order valence-electron chi connectivity index (χ1n) is 3.21. The molecule has 0 aromatic carbocycles. The maximum absolute atomic E-state index is 11.0. The number of carbonyl (C=O) groups excluding carboxylic acids is 1. The highest BCUT2D eigenvalue weighted by Gasteiger charge is 2.04. The van der Waals surface area contributed by atoms with Crippen molar-refractivity contribution in [3.05, 3.63) is 24.0 Å². The summed E-state index contributed by atoms with van der Waals surface area (Å²) in [6.07, 6.45) is 2.16. The lowest BCUT2D eigenvalue weighted by Gasteiger charge is -1.97. The molecule has 0 bridgehead atoms. The van der Waals surface area contributed by atoms with E-state index in [9.17, 15) is 4.79 Å². The molecule has 1 rings (SSSR count). The molecular weight excluding hydrogens is 128 g/mol. The Morgan fingerprint density at radius 1 is 1.80 bits per heavy atom. The summed E-state index contributed by atoms with van der Waals surface area (Å²) < 4.78 is 1.34. The van der Waals surface area contributed by atoms with Crippen LogP contribution < -0.4 is 5.84 Å². The number of rotatable bonds is 2. The molecule has 0 unspecified atom stereocenters. The number of hydrogen-bond acceptors (Lipinski definition) is 2. The molecule has 0 aliphatic heterocycles. The van der Waals surface area contributed by atoms with Crippen molar-refractivity contribution < 1.29 is 4.79 Å². The minimum absolute atomic E-state index is 0.0764. The van der Waals surface area contributed by atoms with Crippen LogP contribution in [-0.2, 0) is 0 Å². The number of ketones is 1. The average Bonchev–Trinajstić information content (AvgIpc) is 2.34. The van der Waals surface area contributed by atoms with Gasteiger partial charge in [-0.25, -0.2) is 0 Å². The van der Waals surface area contributed by atoms with E-state index in [0.717, 1.165) is 0 Å². The van der Waals surface area contributed by atoms with Crippen LogP contribution in [0.25, 0.3) is 0 Å². The second-order valence-electron chi connectivity index (χ2n) is 2.08. The molecule has 0 atom stereocenters. The highest BCUT2D eigenvalue weighted by molar-refractivity contribution is 5.94. The molecule has 0 amide bonds. The Morgan fingerprint density at radius 3 is 2.90 bits per heavy atom. The minimum Gasteiger partial charge on any atom is -0.339 e. The van der Waals surface area contributed by atoms with Crippen molar-refractivity contribution in [3.8, 4) is 0 Å². The molecule has 3 heteroatoms. The highest BCUT2D eigenvalue weighted by Crippen LogP contribution is 2.00. The van der Waals surface area contributed by atoms with Crippen molar-refractivity contribution in [2.75, 3.05) is 5.84 Å². The van der Waals surface area contributed by atoms with E-state index >= 15 is 0 Å². The normalized spacial score (nSPS) is 9.70. The van der Waals surface area contributed by atoms with Crippen molar-refractivity contribution in [1.29, 1.82) is 0 Å². The van der Waals surface area contributed by atoms with Gasteiger partial charge in [0, 0.05) is 12.6 Å². The molecule has 0 aliphatic rings. The summed E-state index contributed by atoms with van der Waals surface area (Å²) in [6, 6.07) is 3.47. The van der Waals surface area contributed by atoms with Gasteiger partial charge in [0.25, 0.3) is 0 Å². The van der Waals surface area contributed by atoms with Gasteiger partial charge in [-0.2, -0.15) is 0 Å². The molecule has 1 aromatic heterocycles. The van der Waals surface area contributed by atoms with Crippen molar-refractivity contribution in [2.24, 2.45) is 0 Å². The van der Waals surface area contributed by atoms with Gasteiger partial charge in [0.05, 0.1) is 0 Å². The van der Waals surface area contributed by atoms with Gasteiger partial charge in [0.1, 0.15) is 5.69 Å². The Kier molecular flexibility index (Phi) is 1.76. The molecule has 1 aromatic rings. The first-order valence-corrected chi connectivity index (χ1v) is 3.21. The fourth-order valence-corrected chi connectivity index (χ4v) is 0.811. The maximum Gasteiger partial charge on any atom is 0.180 e. The zero-order valence-corrected chi connectivity index (χ0v) is 5.87. The van der Waals surface area contributed by atoms with Gasteiger partial charge < -0.3 is 5.84 Å². The number of nitrogen functional groups attached to an aromatic ring is 1. The summed E-state index contributed by atoms with van der Waals surface area (Å²) in [7, 11) is 0. The van der Waals surface area contributed by atoms with Crippen LogP contribution in [0.2, 0.25) is 0 Å². The molecule has 0 saturated carbocycles. The van der Waals surface area contributed by atoms with E-state index in [4.69, 9.17) is 5.84 Å². The van der Waals surface area contributed by atoms with Gasteiger partial charge in [-0.05, 0) is 12.1 Å². The summed E-state index contributed by atoms with van der Waals surface area (Å²) in [4.78, 5) is 11.0. The summed E-state index contributed by atoms with van der Waals surface area (Å²) in [5, 5.41) is 0. The van der Waals surface area contributed by atoms with Crippen molar-refractivity contribution in [1.82, 2.24) is 4.68 Å². The minimum atomic E-state index is 0.0764. The predicted octanol–water partition coefficient (Wildman–Crippen LogP) is 0.795. The van der Waals surface area contributed by atoms with E-state index in [2.05, 4.69) is 0 Å². The molecule has 3 nitrogen and oxygen atoms in total. The number of nitrogens with two attached hydrogens (primary N) is 1. The average molecular weight is 138 g/mol. The third-order valence-electron chi connectivity index (χ3n) is 1.39. The van der Waals surface area contributed by atoms with Crippen LogP contribution in [0.4, 0.5) is 0 Å². The van der Waals surface area contributed by atoms with Crippen LogP contribution in [0.3, 0.4) is 0 Å². The lowest BCUT2D eigenvalue weighted by atomic mass is 10.2. The largest absolute Gasteiger partial charge is 0.339 e. The number of Topliss-reactive ketones (excluding diaryl/α,β-unsaturated/α-hetero) is 1. The standard InChI is InChI=1S/C7H10N2O/c1-2-7(10)6-4-3-5-9(6)8/h3-5H,2,8H2,1H3. The second-order valence-corrected chi connectivity index (χ2v) is 2.08. The monoisotopic (exact) mass is 138 g/mol. The van der Waals surface area contributed by atoms with Gasteiger partial charge in [-0.15, -0.1) is 0 Å². The van der Waals surface area contributed by atoms with Crippen molar-refractivity contribution in [3.63, 3.8) is 0 Å². The molecule has 54 valence electrons. The maximum atomic E-state index is 11.0. The van der Waals surface area contributed by atoms with E-state index in [1.807, 2.05) is 6.92 Å². The third-order valence-corrected chi connectivity index (χ3v) is 1.39. The van der Waals surface area contributed by atoms with E-state index in [0.29, 0.717) is 12.1 Å². The third kappa shape index (κ3) is 1.03. The summed E-state index contributed by atoms with van der Waals surface area (Å²) in [5.41, 5.74) is 0.572. The lowest BCUT2D eigenvalue weighted by molar-refractivity contribution is 0.0981. The number of nitrogens with zero attached hydrogens (tertiary/aromatic N) is 1. The van der Waals surface area contributed by atoms with E-state index in [1.165, 1.54) is 4.68 Å². The van der Waals surface area contributed by atoms with Crippen LogP contribution in [0.15, 0.2) is 18.3 Å². The summed E-state index contributed by atoms with van der Waals surface area (Å²) in [5.74, 6) is 5.49. The molecule has 0 spiro atoms. The van der Waals surface area contributed by atoms with Crippen LogP contribution in [-0.4, -0.2) is 10.5 Å². The topological polar surface area (TPSA) is 48.0 Å². The van der Waals surface area contributed by atoms with Gasteiger partial charge in [0.15, 0.2) is 5.78 Å². The zero-order valence-electron chi connectivity index (χ0n) is 5.87. The smallest absolute Gasteiger partial charge is 0.180 e. The Balaban J connectivity index is 2.93. The van der Waals surface area contributed by atoms with Crippen LogP contribution in [0, 0.1) is 0 Å². The summed E-state index contributed by atoms with van der Waals surface area (Å²) in [6.45, 7) is 1.81. The van der Waals surface area contributed by atoms with Crippen LogP contribution in [0.1, 0.15) is 23.8 Å². The first kappa shape index (κ1) is 6.86. The van der Waals surface area contributed by atoms with Crippen molar-refractivity contribution in [2.45, 2.75) is 13.3 Å². The Bertz CT molecular complexity index is 240. The van der Waals surface area contributed by atoms with E-state index in [-0.39, 0.29) is 5.78 Å².